The Kier molecular flexibility index (Phi) is 4.33. The van der Waals surface area contributed by atoms with Crippen LogP contribution in [0.5, 0.6) is 0 Å². The molecule has 1 aromatic carbocycles. The molecule has 1 aliphatic heterocycles. The van der Waals surface area contributed by atoms with Crippen LogP contribution in [0.15, 0.2) is 47.5 Å². The molecule has 0 spiro atoms. The lowest BCUT2D eigenvalue weighted by Crippen LogP contribution is -2.46. The van der Waals surface area contributed by atoms with E-state index in [1.165, 1.54) is 6.20 Å². The molecule has 2 aromatic rings. The van der Waals surface area contributed by atoms with Gasteiger partial charge >= 0.3 is 0 Å². The van der Waals surface area contributed by atoms with E-state index in [1.807, 2.05) is 0 Å². The fraction of sp³-hybridized carbons (Fsp3) is 0.312. The highest BCUT2D eigenvalue weighted by Gasteiger charge is 2.38. The van der Waals surface area contributed by atoms with Gasteiger partial charge < -0.3 is 10.1 Å². The lowest BCUT2D eigenvalue weighted by atomic mass is 9.89. The van der Waals surface area contributed by atoms with Crippen molar-refractivity contribution < 1.29 is 17.9 Å². The molecular formula is C16H17N3O4S. The average Bonchev–Trinajstić information content (AvgIpc) is 3.05. The number of ether oxygens (including phenoxy) is 1. The van der Waals surface area contributed by atoms with Gasteiger partial charge in [-0.25, -0.2) is 8.42 Å². The van der Waals surface area contributed by atoms with Crippen molar-refractivity contribution in [2.24, 2.45) is 0 Å². The van der Waals surface area contributed by atoms with Crippen LogP contribution >= 0.6 is 0 Å². The maximum atomic E-state index is 12.4. The molecule has 2 heterocycles. The summed E-state index contributed by atoms with van der Waals surface area (Å²) in [5.41, 5.74) is 0.311. The summed E-state index contributed by atoms with van der Waals surface area (Å²) in [6.45, 7) is 0.825. The highest BCUT2D eigenvalue weighted by molar-refractivity contribution is 7.90. The molecule has 1 fully saturated rings. The SMILES string of the molecule is CS(=O)(=O)c1ccc(C2(NC(=O)c3cccnn3)CCOC2)cc1. The second kappa shape index (κ2) is 6.29. The number of carbonyl (C=O) groups excluding carboxylic acids is 1. The van der Waals surface area contributed by atoms with E-state index in [1.54, 1.807) is 36.4 Å². The van der Waals surface area contributed by atoms with Crippen LogP contribution in [0.3, 0.4) is 0 Å². The smallest absolute Gasteiger partial charge is 0.272 e. The summed E-state index contributed by atoms with van der Waals surface area (Å²) in [4.78, 5) is 12.7. The summed E-state index contributed by atoms with van der Waals surface area (Å²) in [6, 6.07) is 9.72. The Labute approximate surface area is 140 Å². The van der Waals surface area contributed by atoms with E-state index in [2.05, 4.69) is 15.5 Å². The fourth-order valence-electron chi connectivity index (χ4n) is 2.69. The molecule has 24 heavy (non-hydrogen) atoms. The van der Waals surface area contributed by atoms with E-state index in [9.17, 15) is 13.2 Å². The molecule has 1 unspecified atom stereocenters. The fourth-order valence-corrected chi connectivity index (χ4v) is 3.32. The Morgan fingerprint density at radius 2 is 2.00 bits per heavy atom. The number of sulfone groups is 1. The first kappa shape index (κ1) is 16.5. The number of nitrogens with one attached hydrogen (secondary N) is 1. The van der Waals surface area contributed by atoms with Crippen LogP contribution in [-0.2, 0) is 20.1 Å². The zero-order valence-corrected chi connectivity index (χ0v) is 13.9. The molecular weight excluding hydrogens is 330 g/mol. The number of benzene rings is 1. The Morgan fingerprint density at radius 3 is 2.54 bits per heavy atom. The average molecular weight is 347 g/mol. The Hall–Kier alpha value is -2.32. The predicted octanol–water partition coefficient (Wildman–Crippen LogP) is 0.926. The first-order valence-electron chi connectivity index (χ1n) is 7.39. The zero-order valence-electron chi connectivity index (χ0n) is 13.1. The second-order valence-corrected chi connectivity index (χ2v) is 7.76. The molecule has 7 nitrogen and oxygen atoms in total. The lowest BCUT2D eigenvalue weighted by Gasteiger charge is -2.29. The number of hydrogen-bond acceptors (Lipinski definition) is 6. The third-order valence-corrected chi connectivity index (χ3v) is 5.14. The van der Waals surface area contributed by atoms with Gasteiger partial charge in [-0.15, -0.1) is 5.10 Å². The van der Waals surface area contributed by atoms with Crippen molar-refractivity contribution in [3.05, 3.63) is 53.9 Å². The van der Waals surface area contributed by atoms with E-state index < -0.39 is 15.4 Å². The molecule has 8 heteroatoms. The zero-order chi connectivity index (χ0) is 17.2. The maximum Gasteiger partial charge on any atom is 0.272 e. The van der Waals surface area contributed by atoms with Gasteiger partial charge in [0, 0.05) is 25.5 Å². The number of hydrogen-bond donors (Lipinski definition) is 1. The van der Waals surface area contributed by atoms with Gasteiger partial charge in [0.2, 0.25) is 0 Å². The van der Waals surface area contributed by atoms with Gasteiger partial charge in [-0.3, -0.25) is 4.79 Å². The molecule has 1 amide bonds. The third-order valence-electron chi connectivity index (χ3n) is 4.01. The summed E-state index contributed by atoms with van der Waals surface area (Å²) >= 11 is 0. The van der Waals surface area contributed by atoms with Gasteiger partial charge in [-0.2, -0.15) is 5.10 Å². The number of nitrogens with zero attached hydrogens (tertiary/aromatic N) is 2. The van der Waals surface area contributed by atoms with Crippen molar-refractivity contribution in [2.45, 2.75) is 16.9 Å². The topological polar surface area (TPSA) is 98.2 Å². The van der Waals surface area contributed by atoms with Gasteiger partial charge in [-0.1, -0.05) is 12.1 Å². The Bertz CT molecular complexity index is 829. The lowest BCUT2D eigenvalue weighted by molar-refractivity contribution is 0.0869. The van der Waals surface area contributed by atoms with Gasteiger partial charge in [0.1, 0.15) is 0 Å². The van der Waals surface area contributed by atoms with Crippen LogP contribution < -0.4 is 5.32 Å². The van der Waals surface area contributed by atoms with E-state index in [4.69, 9.17) is 4.74 Å². The number of aromatic nitrogens is 2. The summed E-state index contributed by atoms with van der Waals surface area (Å²) < 4.78 is 28.7. The molecule has 0 saturated carbocycles. The number of rotatable bonds is 4. The highest BCUT2D eigenvalue weighted by atomic mass is 32.2. The van der Waals surface area contributed by atoms with Crippen LogP contribution in [0.2, 0.25) is 0 Å². The normalized spacial score (nSPS) is 20.7. The van der Waals surface area contributed by atoms with Gasteiger partial charge in [0.25, 0.3) is 5.91 Å². The van der Waals surface area contributed by atoms with Crippen LogP contribution in [0, 0.1) is 0 Å². The van der Waals surface area contributed by atoms with E-state index >= 15 is 0 Å². The van der Waals surface area contributed by atoms with Crippen molar-refractivity contribution in [1.82, 2.24) is 15.5 Å². The Morgan fingerprint density at radius 1 is 1.25 bits per heavy atom. The van der Waals surface area contributed by atoms with Crippen molar-refractivity contribution in [1.29, 1.82) is 0 Å². The van der Waals surface area contributed by atoms with E-state index in [-0.39, 0.29) is 16.5 Å². The molecule has 1 N–H and O–H groups in total. The van der Waals surface area contributed by atoms with Crippen LogP contribution in [-0.4, -0.2) is 44.0 Å². The molecule has 1 aromatic heterocycles. The summed E-state index contributed by atoms with van der Waals surface area (Å²) in [5.74, 6) is -0.346. The second-order valence-electron chi connectivity index (χ2n) is 5.74. The quantitative estimate of drug-likeness (QED) is 0.883. The summed E-state index contributed by atoms with van der Waals surface area (Å²) in [5, 5.41) is 10.5. The minimum Gasteiger partial charge on any atom is -0.379 e. The molecule has 0 radical (unpaired) electrons. The van der Waals surface area contributed by atoms with E-state index in [0.29, 0.717) is 19.6 Å². The van der Waals surface area contributed by atoms with Crippen molar-refractivity contribution in [2.75, 3.05) is 19.5 Å². The number of carbonyl (C=O) groups is 1. The molecule has 1 atom stereocenters. The largest absolute Gasteiger partial charge is 0.379 e. The monoisotopic (exact) mass is 347 g/mol. The summed E-state index contributed by atoms with van der Waals surface area (Å²) in [6.07, 6.45) is 3.25. The Balaban J connectivity index is 1.90. The first-order chi connectivity index (χ1) is 11.4. The van der Waals surface area contributed by atoms with E-state index in [0.717, 1.165) is 11.8 Å². The van der Waals surface area contributed by atoms with Crippen LogP contribution in [0.25, 0.3) is 0 Å². The minimum atomic E-state index is -3.27. The third kappa shape index (κ3) is 3.29. The van der Waals surface area contributed by atoms with Gasteiger partial charge in [-0.05, 0) is 29.8 Å². The van der Waals surface area contributed by atoms with Crippen molar-refractivity contribution in [3.63, 3.8) is 0 Å². The van der Waals surface area contributed by atoms with Crippen molar-refractivity contribution >= 4 is 15.7 Å². The van der Waals surface area contributed by atoms with Crippen LogP contribution in [0.4, 0.5) is 0 Å². The molecule has 126 valence electrons. The number of amides is 1. The standard InChI is InChI=1S/C16H17N3O4S/c1-24(21,22)13-6-4-12(5-7-13)16(8-10-23-11-16)18-15(20)14-3-2-9-17-19-14/h2-7,9H,8,10-11H2,1H3,(H,18,20). The van der Waals surface area contributed by atoms with Crippen molar-refractivity contribution in [3.8, 4) is 0 Å². The predicted molar refractivity (Wildman–Crippen MR) is 86.2 cm³/mol. The minimum absolute atomic E-state index is 0.219. The highest BCUT2D eigenvalue weighted by Crippen LogP contribution is 2.31. The van der Waals surface area contributed by atoms with Gasteiger partial charge in [0.15, 0.2) is 15.5 Å². The summed E-state index contributed by atoms with van der Waals surface area (Å²) in [7, 11) is -3.27. The first-order valence-corrected chi connectivity index (χ1v) is 9.28. The molecule has 3 rings (SSSR count). The molecule has 1 aliphatic rings. The maximum absolute atomic E-state index is 12.4. The molecule has 0 bridgehead atoms. The van der Waals surface area contributed by atoms with Gasteiger partial charge in [0.05, 0.1) is 17.0 Å². The van der Waals surface area contributed by atoms with Crippen LogP contribution in [0.1, 0.15) is 22.5 Å². The molecule has 1 saturated heterocycles. The molecule has 0 aliphatic carbocycles.